The normalized spacial score (nSPS) is 9.44. The van der Waals surface area contributed by atoms with E-state index >= 15 is 0 Å². The average Bonchev–Trinajstić information content (AvgIpc) is 2.13. The van der Waals surface area contributed by atoms with Gasteiger partial charge in [0.2, 0.25) is 0 Å². The van der Waals surface area contributed by atoms with Crippen molar-refractivity contribution in [3.8, 4) is 0 Å². The van der Waals surface area contributed by atoms with Crippen LogP contribution >= 0.6 is 0 Å². The Morgan fingerprint density at radius 2 is 2.44 bits per heavy atom. The van der Waals surface area contributed by atoms with Gasteiger partial charge in [-0.25, -0.2) is 4.79 Å². The first-order chi connectivity index (χ1) is 4.22. The molecule has 9 heavy (non-hydrogen) atoms. The number of rotatable bonds is 1. The minimum atomic E-state index is -1.01. The summed E-state index contributed by atoms with van der Waals surface area (Å²) in [7, 11) is 0. The van der Waals surface area contributed by atoms with Crippen molar-refractivity contribution in [2.24, 2.45) is 0 Å². The smallest absolute Gasteiger partial charge is 0.339 e. The lowest BCUT2D eigenvalue weighted by Crippen LogP contribution is -1.94. The average molecular weight is 125 g/mol. The first-order valence-corrected chi connectivity index (χ1v) is 2.34. The van der Waals surface area contributed by atoms with Crippen molar-refractivity contribution in [3.05, 3.63) is 30.6 Å². The van der Waals surface area contributed by atoms with E-state index in [1.54, 1.807) is 0 Å². The van der Waals surface area contributed by atoms with Gasteiger partial charge < -0.3 is 9.52 Å². The molecule has 1 radical (unpaired) electrons. The molecule has 0 bridgehead atoms. The number of carbonyl (C=O) groups is 1. The molecule has 0 amide bonds. The molecular formula is C6H5O3. The lowest BCUT2D eigenvalue weighted by molar-refractivity contribution is 0.0695. The number of furan rings is 1. The van der Waals surface area contributed by atoms with E-state index in [2.05, 4.69) is 11.3 Å². The third kappa shape index (κ3) is 0.937. The molecule has 0 aliphatic rings. The summed E-state index contributed by atoms with van der Waals surface area (Å²) in [5.74, 6) is -0.809. The van der Waals surface area contributed by atoms with Crippen LogP contribution in [0.15, 0.2) is 16.7 Å². The van der Waals surface area contributed by atoms with E-state index in [4.69, 9.17) is 5.11 Å². The Labute approximate surface area is 51.9 Å². The van der Waals surface area contributed by atoms with Crippen molar-refractivity contribution in [3.63, 3.8) is 0 Å². The zero-order chi connectivity index (χ0) is 6.85. The van der Waals surface area contributed by atoms with Crippen LogP contribution < -0.4 is 0 Å². The summed E-state index contributed by atoms with van der Waals surface area (Å²) in [6.45, 7) is 3.35. The minimum absolute atomic E-state index is 0.120. The maximum atomic E-state index is 10.2. The SMILES string of the molecule is [CH2]c1occc1C(=O)O. The Morgan fingerprint density at radius 3 is 2.67 bits per heavy atom. The van der Waals surface area contributed by atoms with Crippen LogP contribution in [0.2, 0.25) is 0 Å². The second kappa shape index (κ2) is 1.93. The van der Waals surface area contributed by atoms with E-state index in [1.165, 1.54) is 12.3 Å². The molecule has 3 nitrogen and oxygen atoms in total. The van der Waals surface area contributed by atoms with Crippen LogP contribution in [0.5, 0.6) is 0 Å². The van der Waals surface area contributed by atoms with Gasteiger partial charge in [0.1, 0.15) is 11.3 Å². The van der Waals surface area contributed by atoms with Crippen molar-refractivity contribution in [2.75, 3.05) is 0 Å². The van der Waals surface area contributed by atoms with Crippen LogP contribution in [0.1, 0.15) is 16.1 Å². The van der Waals surface area contributed by atoms with Gasteiger partial charge in [0, 0.05) is 6.92 Å². The van der Waals surface area contributed by atoms with Gasteiger partial charge in [0.15, 0.2) is 0 Å². The number of hydrogen-bond donors (Lipinski definition) is 1. The molecule has 0 atom stereocenters. The number of hydrogen-bond acceptors (Lipinski definition) is 2. The molecule has 0 aliphatic heterocycles. The van der Waals surface area contributed by atoms with Gasteiger partial charge in [0.25, 0.3) is 0 Å². The summed E-state index contributed by atoms with van der Waals surface area (Å²) >= 11 is 0. The summed E-state index contributed by atoms with van der Waals surface area (Å²) < 4.78 is 4.63. The predicted octanol–water partition coefficient (Wildman–Crippen LogP) is 1.16. The van der Waals surface area contributed by atoms with Crippen LogP contribution in [0.3, 0.4) is 0 Å². The molecule has 0 unspecified atom stereocenters. The molecule has 0 saturated heterocycles. The summed E-state index contributed by atoms with van der Waals surface area (Å²) in [6.07, 6.45) is 1.30. The first kappa shape index (κ1) is 5.88. The molecule has 1 heterocycles. The summed E-state index contributed by atoms with van der Waals surface area (Å²) in [4.78, 5) is 10.2. The second-order valence-corrected chi connectivity index (χ2v) is 1.56. The Kier molecular flexibility index (Phi) is 1.26. The van der Waals surface area contributed by atoms with Crippen LogP contribution in [-0.2, 0) is 0 Å². The van der Waals surface area contributed by atoms with Gasteiger partial charge in [-0.3, -0.25) is 0 Å². The molecule has 0 spiro atoms. The maximum absolute atomic E-state index is 10.2. The fourth-order valence-corrected chi connectivity index (χ4v) is 0.531. The van der Waals surface area contributed by atoms with Gasteiger partial charge in [-0.2, -0.15) is 0 Å². The highest BCUT2D eigenvalue weighted by Gasteiger charge is 2.07. The van der Waals surface area contributed by atoms with Crippen molar-refractivity contribution in [1.29, 1.82) is 0 Å². The van der Waals surface area contributed by atoms with Crippen LogP contribution in [0.4, 0.5) is 0 Å². The minimum Gasteiger partial charge on any atom is -0.478 e. The highest BCUT2D eigenvalue weighted by molar-refractivity contribution is 5.88. The van der Waals surface area contributed by atoms with E-state index < -0.39 is 5.97 Å². The van der Waals surface area contributed by atoms with Gasteiger partial charge in [-0.05, 0) is 6.07 Å². The zero-order valence-corrected chi connectivity index (χ0v) is 4.63. The topological polar surface area (TPSA) is 50.4 Å². The number of carboxylic acids is 1. The van der Waals surface area contributed by atoms with Gasteiger partial charge in [-0.15, -0.1) is 0 Å². The molecule has 1 rings (SSSR count). The predicted molar refractivity (Wildman–Crippen MR) is 30.1 cm³/mol. The van der Waals surface area contributed by atoms with E-state index in [9.17, 15) is 4.79 Å². The van der Waals surface area contributed by atoms with E-state index in [-0.39, 0.29) is 11.3 Å². The molecule has 0 aromatic carbocycles. The van der Waals surface area contributed by atoms with E-state index in [0.717, 1.165) is 0 Å². The molecular weight excluding hydrogens is 120 g/mol. The van der Waals surface area contributed by atoms with Gasteiger partial charge >= 0.3 is 5.97 Å². The molecule has 1 N–H and O–H groups in total. The largest absolute Gasteiger partial charge is 0.478 e. The number of carboxylic acid groups (broad SMARTS) is 1. The van der Waals surface area contributed by atoms with E-state index in [1.807, 2.05) is 0 Å². The van der Waals surface area contributed by atoms with Crippen molar-refractivity contribution in [1.82, 2.24) is 0 Å². The number of aromatic carboxylic acids is 1. The van der Waals surface area contributed by atoms with Crippen molar-refractivity contribution in [2.45, 2.75) is 0 Å². The Balaban J connectivity index is 3.08. The summed E-state index contributed by atoms with van der Waals surface area (Å²) in [5.41, 5.74) is 0.120. The molecule has 1 aromatic heterocycles. The molecule has 0 fully saturated rings. The zero-order valence-electron chi connectivity index (χ0n) is 4.63. The summed E-state index contributed by atoms with van der Waals surface area (Å²) in [5, 5.41) is 8.35. The molecule has 1 aromatic rings. The quantitative estimate of drug-likeness (QED) is 0.612. The fourth-order valence-electron chi connectivity index (χ4n) is 0.531. The Morgan fingerprint density at radius 1 is 1.78 bits per heavy atom. The lowest BCUT2D eigenvalue weighted by Gasteiger charge is -1.85. The van der Waals surface area contributed by atoms with Crippen molar-refractivity contribution < 1.29 is 14.3 Å². The molecule has 0 aliphatic carbocycles. The molecule has 47 valence electrons. The monoisotopic (exact) mass is 125 g/mol. The van der Waals surface area contributed by atoms with E-state index in [0.29, 0.717) is 0 Å². The maximum Gasteiger partial charge on any atom is 0.339 e. The fraction of sp³-hybridized carbons (Fsp3) is 0. The van der Waals surface area contributed by atoms with Crippen LogP contribution in [0.25, 0.3) is 0 Å². The molecule has 0 saturated carbocycles. The second-order valence-electron chi connectivity index (χ2n) is 1.56. The van der Waals surface area contributed by atoms with Crippen molar-refractivity contribution >= 4 is 5.97 Å². The highest BCUT2D eigenvalue weighted by Crippen LogP contribution is 2.07. The third-order valence-electron chi connectivity index (χ3n) is 0.976. The highest BCUT2D eigenvalue weighted by atomic mass is 16.4. The van der Waals surface area contributed by atoms with Crippen LogP contribution in [0, 0.1) is 6.92 Å². The third-order valence-corrected chi connectivity index (χ3v) is 0.976. The Hall–Kier alpha value is -1.25. The standard InChI is InChI=1S/C6H5O3/c1-4-5(6(7)8)2-3-9-4/h2-3H,1H2,(H,7,8). The van der Waals surface area contributed by atoms with Gasteiger partial charge in [0.05, 0.1) is 6.26 Å². The van der Waals surface area contributed by atoms with Crippen LogP contribution in [-0.4, -0.2) is 11.1 Å². The summed E-state index contributed by atoms with van der Waals surface area (Å²) in [6, 6.07) is 1.37. The first-order valence-electron chi connectivity index (χ1n) is 2.34. The molecule has 3 heteroatoms. The van der Waals surface area contributed by atoms with Gasteiger partial charge in [-0.1, -0.05) is 0 Å². The lowest BCUT2D eigenvalue weighted by atomic mass is 10.3. The Bertz CT molecular complexity index is 224.